The molecule has 0 aromatic heterocycles. The lowest BCUT2D eigenvalue weighted by atomic mass is 10.3. The van der Waals surface area contributed by atoms with Crippen molar-refractivity contribution >= 4 is 33.3 Å². The van der Waals surface area contributed by atoms with E-state index in [-0.39, 0.29) is 18.1 Å². The molecule has 0 spiro atoms. The molecule has 0 amide bonds. The second-order valence-electron chi connectivity index (χ2n) is 4.68. The molecule has 8 heteroatoms. The molecule has 0 saturated heterocycles. The number of ether oxygens (including phenoxy) is 2. The topological polar surface area (TPSA) is 81.7 Å². The normalized spacial score (nSPS) is 10.9. The van der Waals surface area contributed by atoms with Gasteiger partial charge in [-0.2, -0.15) is 0 Å². The van der Waals surface area contributed by atoms with Crippen molar-refractivity contribution in [3.05, 3.63) is 53.6 Å². The highest BCUT2D eigenvalue weighted by Crippen LogP contribution is 2.22. The Bertz CT molecular complexity index is 823. The van der Waals surface area contributed by atoms with E-state index in [1.807, 2.05) is 0 Å². The number of carbonyl (C=O) groups excluding carboxylic acids is 1. The highest BCUT2D eigenvalue weighted by atomic mass is 35.5. The van der Waals surface area contributed by atoms with E-state index in [4.69, 9.17) is 21.1 Å². The number of halogens is 1. The van der Waals surface area contributed by atoms with Crippen LogP contribution in [0, 0.1) is 0 Å². The number of hydrogen-bond donors (Lipinski definition) is 1. The molecule has 2 aromatic carbocycles. The molecule has 24 heavy (non-hydrogen) atoms. The Morgan fingerprint density at radius 1 is 1.17 bits per heavy atom. The van der Waals surface area contributed by atoms with E-state index in [0.717, 1.165) is 0 Å². The van der Waals surface area contributed by atoms with Crippen LogP contribution in [-0.4, -0.2) is 27.6 Å². The Morgan fingerprint density at radius 3 is 2.62 bits per heavy atom. The van der Waals surface area contributed by atoms with Gasteiger partial charge in [-0.3, -0.25) is 4.72 Å². The minimum Gasteiger partial charge on any atom is -0.482 e. The monoisotopic (exact) mass is 369 g/mol. The van der Waals surface area contributed by atoms with E-state index in [1.54, 1.807) is 37.3 Å². The van der Waals surface area contributed by atoms with Gasteiger partial charge in [0.15, 0.2) is 6.61 Å². The molecule has 2 aromatic rings. The van der Waals surface area contributed by atoms with Crippen LogP contribution in [0.25, 0.3) is 0 Å². The molecule has 0 aliphatic carbocycles. The van der Waals surface area contributed by atoms with E-state index in [2.05, 4.69) is 4.72 Å². The van der Waals surface area contributed by atoms with Crippen LogP contribution in [-0.2, 0) is 19.6 Å². The Balaban J connectivity index is 2.10. The van der Waals surface area contributed by atoms with Crippen molar-refractivity contribution < 1.29 is 22.7 Å². The number of hydrogen-bond acceptors (Lipinski definition) is 5. The fourth-order valence-corrected chi connectivity index (χ4v) is 3.19. The fraction of sp³-hybridized carbons (Fsp3) is 0.188. The molecule has 0 radical (unpaired) electrons. The molecule has 1 N–H and O–H groups in total. The molecule has 6 nitrogen and oxygen atoms in total. The third-order valence-corrected chi connectivity index (χ3v) is 4.47. The molecule has 0 aliphatic heterocycles. The molecule has 0 unspecified atom stereocenters. The summed E-state index contributed by atoms with van der Waals surface area (Å²) in [5.41, 5.74) is 0.302. The van der Waals surface area contributed by atoms with Gasteiger partial charge in [0, 0.05) is 11.1 Å². The van der Waals surface area contributed by atoms with E-state index < -0.39 is 16.0 Å². The summed E-state index contributed by atoms with van der Waals surface area (Å²) in [6.07, 6.45) is 0. The van der Waals surface area contributed by atoms with Crippen molar-refractivity contribution in [2.24, 2.45) is 0 Å². The third-order valence-electron chi connectivity index (χ3n) is 2.85. The maximum atomic E-state index is 12.3. The molecule has 0 fully saturated rings. The Hall–Kier alpha value is -2.25. The summed E-state index contributed by atoms with van der Waals surface area (Å²) in [6, 6.07) is 12.2. The van der Waals surface area contributed by atoms with Gasteiger partial charge in [-0.05, 0) is 37.3 Å². The van der Waals surface area contributed by atoms with E-state index in [9.17, 15) is 13.2 Å². The standard InChI is InChI=1S/C16H16ClNO5S/c1-2-22-16(19)11-23-14-7-4-6-13(10-14)18-24(20,21)15-8-3-5-12(17)9-15/h3-10,18H,2,11H2,1H3. The summed E-state index contributed by atoms with van der Waals surface area (Å²) < 4.78 is 37.1. The van der Waals surface area contributed by atoms with Gasteiger partial charge in [0.25, 0.3) is 10.0 Å². The maximum absolute atomic E-state index is 12.3. The highest BCUT2D eigenvalue weighted by Gasteiger charge is 2.15. The van der Waals surface area contributed by atoms with Crippen molar-refractivity contribution in [1.29, 1.82) is 0 Å². The minimum atomic E-state index is -3.77. The lowest BCUT2D eigenvalue weighted by Gasteiger charge is -2.10. The molecular formula is C16H16ClNO5S. The van der Waals surface area contributed by atoms with Crippen molar-refractivity contribution in [2.45, 2.75) is 11.8 Å². The van der Waals surface area contributed by atoms with E-state index in [0.29, 0.717) is 16.5 Å². The molecule has 0 saturated carbocycles. The molecule has 0 bridgehead atoms. The van der Waals surface area contributed by atoms with Crippen molar-refractivity contribution in [2.75, 3.05) is 17.9 Å². The zero-order chi connectivity index (χ0) is 17.6. The van der Waals surface area contributed by atoms with Crippen LogP contribution in [0.2, 0.25) is 5.02 Å². The second kappa shape index (κ2) is 8.03. The Morgan fingerprint density at radius 2 is 1.92 bits per heavy atom. The van der Waals surface area contributed by atoms with Gasteiger partial charge in [-0.15, -0.1) is 0 Å². The summed E-state index contributed by atoms with van der Waals surface area (Å²) in [5, 5.41) is 0.324. The largest absolute Gasteiger partial charge is 0.482 e. The lowest BCUT2D eigenvalue weighted by Crippen LogP contribution is -2.15. The van der Waals surface area contributed by atoms with E-state index >= 15 is 0 Å². The van der Waals surface area contributed by atoms with Crippen molar-refractivity contribution in [3.63, 3.8) is 0 Å². The maximum Gasteiger partial charge on any atom is 0.344 e. The Labute approximate surface area is 145 Å². The number of anilines is 1. The summed E-state index contributed by atoms with van der Waals surface area (Å²) in [7, 11) is -3.77. The molecule has 2 rings (SSSR count). The predicted molar refractivity (Wildman–Crippen MR) is 90.8 cm³/mol. The van der Waals surface area contributed by atoms with Crippen molar-refractivity contribution in [1.82, 2.24) is 0 Å². The van der Waals surface area contributed by atoms with Crippen molar-refractivity contribution in [3.8, 4) is 5.75 Å². The van der Waals surface area contributed by atoms with Gasteiger partial charge in [0.05, 0.1) is 17.2 Å². The number of nitrogens with one attached hydrogen (secondary N) is 1. The number of esters is 1. The van der Waals surface area contributed by atoms with Gasteiger partial charge in [-0.25, -0.2) is 13.2 Å². The van der Waals surface area contributed by atoms with Gasteiger partial charge >= 0.3 is 5.97 Å². The predicted octanol–water partition coefficient (Wildman–Crippen LogP) is 3.08. The zero-order valence-corrected chi connectivity index (χ0v) is 14.4. The number of benzene rings is 2. The van der Waals surface area contributed by atoms with Gasteiger partial charge in [-0.1, -0.05) is 23.7 Å². The van der Waals surface area contributed by atoms with Crippen LogP contribution < -0.4 is 9.46 Å². The minimum absolute atomic E-state index is 0.0489. The van der Waals surface area contributed by atoms with E-state index in [1.165, 1.54) is 18.2 Å². The average molecular weight is 370 g/mol. The number of sulfonamides is 1. The molecule has 0 aliphatic rings. The first-order chi connectivity index (χ1) is 11.4. The summed E-state index contributed by atoms with van der Waals surface area (Å²) in [5.74, 6) is -0.156. The van der Waals surface area contributed by atoms with Gasteiger partial charge < -0.3 is 9.47 Å². The second-order valence-corrected chi connectivity index (χ2v) is 6.80. The molecule has 0 atom stereocenters. The SMILES string of the molecule is CCOC(=O)COc1cccc(NS(=O)(=O)c2cccc(Cl)c2)c1. The lowest BCUT2D eigenvalue weighted by molar-refractivity contribution is -0.145. The Kier molecular flexibility index (Phi) is 6.05. The molecule has 128 valence electrons. The fourth-order valence-electron chi connectivity index (χ4n) is 1.84. The first-order valence-electron chi connectivity index (χ1n) is 7.07. The number of carbonyl (C=O) groups is 1. The molecular weight excluding hydrogens is 354 g/mol. The highest BCUT2D eigenvalue weighted by molar-refractivity contribution is 7.92. The zero-order valence-electron chi connectivity index (χ0n) is 12.9. The van der Waals surface area contributed by atoms with Crippen LogP contribution >= 0.6 is 11.6 Å². The average Bonchev–Trinajstić information content (AvgIpc) is 2.53. The third kappa shape index (κ3) is 5.14. The smallest absolute Gasteiger partial charge is 0.344 e. The first-order valence-corrected chi connectivity index (χ1v) is 8.93. The van der Waals surface area contributed by atoms with Crippen LogP contribution in [0.3, 0.4) is 0 Å². The first kappa shape index (κ1) is 18.1. The van der Waals surface area contributed by atoms with Gasteiger partial charge in [0.2, 0.25) is 0 Å². The summed E-state index contributed by atoms with van der Waals surface area (Å²) in [6.45, 7) is 1.71. The number of rotatable bonds is 7. The van der Waals surface area contributed by atoms with Crippen LogP contribution in [0.5, 0.6) is 5.75 Å². The summed E-state index contributed by atoms with van der Waals surface area (Å²) >= 11 is 5.82. The van der Waals surface area contributed by atoms with Crippen LogP contribution in [0.4, 0.5) is 5.69 Å². The van der Waals surface area contributed by atoms with Crippen LogP contribution in [0.15, 0.2) is 53.4 Å². The quantitative estimate of drug-likeness (QED) is 0.758. The summed E-state index contributed by atoms with van der Waals surface area (Å²) in [4.78, 5) is 11.3. The van der Waals surface area contributed by atoms with Gasteiger partial charge in [0.1, 0.15) is 5.75 Å². The molecule has 0 heterocycles. The van der Waals surface area contributed by atoms with Crippen LogP contribution in [0.1, 0.15) is 6.92 Å².